The molecule has 1 aliphatic rings. The van der Waals surface area contributed by atoms with Crippen molar-refractivity contribution in [3.63, 3.8) is 0 Å². The van der Waals surface area contributed by atoms with E-state index < -0.39 is 11.9 Å². The number of benzene rings is 3. The normalized spacial score (nSPS) is 15.0. The Morgan fingerprint density at radius 3 is 2.28 bits per heavy atom. The van der Waals surface area contributed by atoms with E-state index in [1.54, 1.807) is 42.5 Å². The van der Waals surface area contributed by atoms with E-state index in [0.717, 1.165) is 37.1 Å². The molecule has 1 aliphatic heterocycles. The predicted molar refractivity (Wildman–Crippen MR) is 121 cm³/mol. The maximum atomic E-state index is 12.6. The first-order valence-corrected chi connectivity index (χ1v) is 10.6. The highest BCUT2D eigenvalue weighted by Gasteiger charge is 2.17. The second kappa shape index (κ2) is 9.38. The third-order valence-corrected chi connectivity index (χ3v) is 5.88. The number of phenols is 1. The number of carbonyl (C=O) groups is 2. The number of carbonyl (C=O) groups excluding carboxylic acids is 1. The number of aromatic carboxylic acids is 1. The lowest BCUT2D eigenvalue weighted by Gasteiger charge is -2.31. The van der Waals surface area contributed by atoms with Gasteiger partial charge in [0.2, 0.25) is 0 Å². The van der Waals surface area contributed by atoms with Crippen molar-refractivity contribution >= 4 is 22.7 Å². The third kappa shape index (κ3) is 4.90. The van der Waals surface area contributed by atoms with E-state index in [2.05, 4.69) is 16.8 Å². The number of rotatable bonds is 6. The second-order valence-corrected chi connectivity index (χ2v) is 8.17. The van der Waals surface area contributed by atoms with Gasteiger partial charge in [0.25, 0.3) is 0 Å². The lowest BCUT2D eigenvalue weighted by Crippen LogP contribution is -2.45. The van der Waals surface area contributed by atoms with Crippen LogP contribution in [-0.2, 0) is 11.2 Å². The Kier molecular flexibility index (Phi) is 6.39. The summed E-state index contributed by atoms with van der Waals surface area (Å²) in [5.41, 5.74) is 2.19. The van der Waals surface area contributed by atoms with Crippen LogP contribution in [0.3, 0.4) is 0 Å². The van der Waals surface area contributed by atoms with E-state index in [1.165, 1.54) is 0 Å². The number of hydrogen-bond donors (Lipinski definition) is 2. The van der Waals surface area contributed by atoms with Gasteiger partial charge in [-0.05, 0) is 47.8 Å². The second-order valence-electron chi connectivity index (χ2n) is 8.17. The van der Waals surface area contributed by atoms with E-state index in [0.29, 0.717) is 22.9 Å². The average Bonchev–Trinajstić information content (AvgIpc) is 2.80. The van der Waals surface area contributed by atoms with Crippen LogP contribution in [0.2, 0.25) is 0 Å². The molecule has 0 atom stereocenters. The Balaban J connectivity index is 1.49. The Hall–Kier alpha value is -3.42. The van der Waals surface area contributed by atoms with Gasteiger partial charge in [-0.15, -0.1) is 0 Å². The first kappa shape index (κ1) is 21.8. The number of hydrogen-bond acceptors (Lipinski definition) is 6. The van der Waals surface area contributed by atoms with E-state index in [1.807, 2.05) is 12.1 Å². The highest BCUT2D eigenvalue weighted by atomic mass is 16.5. The maximum Gasteiger partial charge on any atom is 0.339 e. The van der Waals surface area contributed by atoms with Gasteiger partial charge >= 0.3 is 11.9 Å². The average molecular weight is 434 g/mol. The van der Waals surface area contributed by atoms with Crippen molar-refractivity contribution in [2.75, 3.05) is 40.0 Å². The zero-order valence-electron chi connectivity index (χ0n) is 18.0. The summed E-state index contributed by atoms with van der Waals surface area (Å²) in [5.74, 6) is -1.28. The summed E-state index contributed by atoms with van der Waals surface area (Å²) in [6, 6.07) is 15.5. The van der Waals surface area contributed by atoms with Gasteiger partial charge in [0.1, 0.15) is 12.5 Å². The largest absolute Gasteiger partial charge is 0.507 e. The van der Waals surface area contributed by atoms with Crippen LogP contribution < -0.4 is 0 Å². The SMILES string of the molecule is CN1CCN(COC(=O)c2ccc3ccc(Cc4ccc(C(=O)O)cc4)c(O)c3c2)CC1. The van der Waals surface area contributed by atoms with Crippen LogP contribution in [0, 0.1) is 0 Å². The van der Waals surface area contributed by atoms with Gasteiger partial charge in [-0.3, -0.25) is 4.90 Å². The highest BCUT2D eigenvalue weighted by Crippen LogP contribution is 2.31. The summed E-state index contributed by atoms with van der Waals surface area (Å²) in [6.07, 6.45) is 0.444. The fourth-order valence-electron chi connectivity index (χ4n) is 3.81. The molecule has 1 heterocycles. The summed E-state index contributed by atoms with van der Waals surface area (Å²) in [5, 5.41) is 21.3. The number of aromatic hydroxyl groups is 1. The molecule has 3 aromatic carbocycles. The molecular formula is C25H26N2O5. The van der Waals surface area contributed by atoms with Crippen molar-refractivity contribution in [2.45, 2.75) is 6.42 Å². The van der Waals surface area contributed by atoms with Crippen molar-refractivity contribution < 1.29 is 24.5 Å². The molecule has 0 radical (unpaired) electrons. The molecule has 3 aromatic rings. The van der Waals surface area contributed by atoms with Crippen molar-refractivity contribution in [3.05, 3.63) is 76.9 Å². The molecule has 0 bridgehead atoms. The lowest BCUT2D eigenvalue weighted by molar-refractivity contribution is 0.0102. The van der Waals surface area contributed by atoms with Crippen LogP contribution >= 0.6 is 0 Å². The summed E-state index contributed by atoms with van der Waals surface area (Å²) in [4.78, 5) is 27.9. The smallest absolute Gasteiger partial charge is 0.339 e. The van der Waals surface area contributed by atoms with Crippen molar-refractivity contribution in [3.8, 4) is 5.75 Å². The minimum absolute atomic E-state index is 0.110. The topological polar surface area (TPSA) is 90.3 Å². The minimum Gasteiger partial charge on any atom is -0.507 e. The molecule has 7 nitrogen and oxygen atoms in total. The van der Waals surface area contributed by atoms with Crippen LogP contribution in [0.5, 0.6) is 5.75 Å². The number of likely N-dealkylation sites (N-methyl/N-ethyl adjacent to an activating group) is 1. The highest BCUT2D eigenvalue weighted by molar-refractivity contribution is 5.98. The lowest BCUT2D eigenvalue weighted by atomic mass is 9.98. The molecule has 0 spiro atoms. The standard InChI is InChI=1S/C25H26N2O5/c1-26-10-12-27(13-11-26)16-32-25(31)21-9-7-18-6-8-20(23(28)22(18)15-21)14-17-2-4-19(5-3-17)24(29)30/h2-9,15,28H,10-14,16H2,1H3,(H,29,30). The van der Waals surface area contributed by atoms with Crippen LogP contribution in [0.25, 0.3) is 10.8 Å². The Labute approximate surface area is 186 Å². The summed E-state index contributed by atoms with van der Waals surface area (Å²) in [6.45, 7) is 3.87. The maximum absolute atomic E-state index is 12.6. The number of piperazine rings is 1. The van der Waals surface area contributed by atoms with E-state index in [9.17, 15) is 14.7 Å². The predicted octanol–water partition coefficient (Wildman–Crippen LogP) is 3.20. The quantitative estimate of drug-likeness (QED) is 0.576. The molecule has 0 amide bonds. The Morgan fingerprint density at radius 2 is 1.59 bits per heavy atom. The number of esters is 1. The molecule has 166 valence electrons. The number of ether oxygens (including phenoxy) is 1. The molecule has 2 N–H and O–H groups in total. The van der Waals surface area contributed by atoms with E-state index in [4.69, 9.17) is 9.84 Å². The molecular weight excluding hydrogens is 408 g/mol. The summed E-state index contributed by atoms with van der Waals surface area (Å²) < 4.78 is 5.49. The number of carboxylic acid groups (broad SMARTS) is 1. The third-order valence-electron chi connectivity index (χ3n) is 5.88. The fourth-order valence-corrected chi connectivity index (χ4v) is 3.81. The first-order chi connectivity index (χ1) is 15.4. The number of phenolic OH excluding ortho intramolecular Hbond substituents is 1. The monoisotopic (exact) mass is 434 g/mol. The Bertz CT molecular complexity index is 1140. The number of nitrogens with zero attached hydrogens (tertiary/aromatic N) is 2. The molecule has 0 saturated carbocycles. The molecule has 0 aromatic heterocycles. The van der Waals surface area contributed by atoms with Gasteiger partial charge in [0, 0.05) is 38.0 Å². The van der Waals surface area contributed by atoms with Crippen LogP contribution in [0.4, 0.5) is 0 Å². The van der Waals surface area contributed by atoms with Gasteiger partial charge in [-0.1, -0.05) is 30.3 Å². The number of carboxylic acids is 1. The van der Waals surface area contributed by atoms with Gasteiger partial charge < -0.3 is 19.8 Å². The van der Waals surface area contributed by atoms with Crippen LogP contribution in [-0.4, -0.2) is 71.9 Å². The molecule has 32 heavy (non-hydrogen) atoms. The molecule has 0 unspecified atom stereocenters. The molecule has 1 fully saturated rings. The fraction of sp³-hybridized carbons (Fsp3) is 0.280. The summed E-state index contributed by atoms with van der Waals surface area (Å²) in [7, 11) is 2.07. The first-order valence-electron chi connectivity index (χ1n) is 10.6. The van der Waals surface area contributed by atoms with Gasteiger partial charge in [0.15, 0.2) is 0 Å². The van der Waals surface area contributed by atoms with Crippen molar-refractivity contribution in [1.29, 1.82) is 0 Å². The molecule has 7 heteroatoms. The van der Waals surface area contributed by atoms with E-state index in [-0.39, 0.29) is 18.0 Å². The number of fused-ring (bicyclic) bond motifs is 1. The van der Waals surface area contributed by atoms with Crippen molar-refractivity contribution in [2.24, 2.45) is 0 Å². The zero-order chi connectivity index (χ0) is 22.7. The van der Waals surface area contributed by atoms with Crippen LogP contribution in [0.15, 0.2) is 54.6 Å². The minimum atomic E-state index is -0.975. The van der Waals surface area contributed by atoms with Crippen LogP contribution in [0.1, 0.15) is 31.8 Å². The van der Waals surface area contributed by atoms with Gasteiger partial charge in [0.05, 0.1) is 11.1 Å². The molecule has 1 saturated heterocycles. The van der Waals surface area contributed by atoms with Gasteiger partial charge in [-0.25, -0.2) is 9.59 Å². The van der Waals surface area contributed by atoms with Gasteiger partial charge in [-0.2, -0.15) is 0 Å². The zero-order valence-corrected chi connectivity index (χ0v) is 18.0. The summed E-state index contributed by atoms with van der Waals surface area (Å²) >= 11 is 0. The molecule has 4 rings (SSSR count). The molecule has 0 aliphatic carbocycles. The van der Waals surface area contributed by atoms with E-state index >= 15 is 0 Å². The van der Waals surface area contributed by atoms with Crippen molar-refractivity contribution in [1.82, 2.24) is 9.80 Å². The Morgan fingerprint density at radius 1 is 0.938 bits per heavy atom.